The molecule has 0 aromatic carbocycles. The van der Waals surface area contributed by atoms with Crippen molar-refractivity contribution in [2.45, 2.75) is 38.4 Å². The molecule has 2 unspecified atom stereocenters. The third-order valence-electron chi connectivity index (χ3n) is 2.19. The SMILES string of the molecule is CC/C=[P+](/[CH-]CC)SC1CCS(=O)(=O)C1. The Morgan fingerprint density at radius 1 is 1.53 bits per heavy atom. The fourth-order valence-corrected chi connectivity index (χ4v) is 9.01. The zero-order chi connectivity index (χ0) is 11.3. The van der Waals surface area contributed by atoms with E-state index in [0.717, 1.165) is 19.3 Å². The summed E-state index contributed by atoms with van der Waals surface area (Å²) >= 11 is 1.88. The second kappa shape index (κ2) is 6.27. The van der Waals surface area contributed by atoms with E-state index in [9.17, 15) is 8.42 Å². The number of hydrogen-bond acceptors (Lipinski definition) is 3. The predicted molar refractivity (Wildman–Crippen MR) is 72.5 cm³/mol. The van der Waals surface area contributed by atoms with Crippen LogP contribution in [-0.2, 0) is 9.84 Å². The maximum atomic E-state index is 11.3. The number of hydrogen-bond donors (Lipinski definition) is 0. The highest BCUT2D eigenvalue weighted by Gasteiger charge is 2.31. The summed E-state index contributed by atoms with van der Waals surface area (Å²) < 4.78 is 22.6. The Morgan fingerprint density at radius 2 is 2.27 bits per heavy atom. The van der Waals surface area contributed by atoms with Gasteiger partial charge in [-0.1, -0.05) is 13.8 Å². The molecule has 1 aliphatic rings. The average molecular weight is 266 g/mol. The number of rotatable bonds is 5. The van der Waals surface area contributed by atoms with Crippen molar-refractivity contribution in [2.24, 2.45) is 0 Å². The topological polar surface area (TPSA) is 34.1 Å². The van der Waals surface area contributed by atoms with Gasteiger partial charge in [0.05, 0.1) is 22.6 Å². The largest absolute Gasteiger partial charge is 0.229 e. The van der Waals surface area contributed by atoms with E-state index in [1.165, 1.54) is 0 Å². The van der Waals surface area contributed by atoms with E-state index in [4.69, 9.17) is 0 Å². The second-order valence-corrected chi connectivity index (χ2v) is 10.1. The Hall–Kier alpha value is 0.470. The Labute approximate surface area is 98.3 Å². The minimum Gasteiger partial charge on any atom is -0.229 e. The summed E-state index contributed by atoms with van der Waals surface area (Å²) in [6, 6.07) is 0. The molecule has 1 heterocycles. The van der Waals surface area contributed by atoms with Crippen LogP contribution in [0.25, 0.3) is 0 Å². The van der Waals surface area contributed by atoms with Crippen LogP contribution >= 0.6 is 18.1 Å². The van der Waals surface area contributed by atoms with Crippen molar-refractivity contribution < 1.29 is 8.42 Å². The smallest absolute Gasteiger partial charge is 0.151 e. The monoisotopic (exact) mass is 266 g/mol. The van der Waals surface area contributed by atoms with Crippen LogP contribution in [0.1, 0.15) is 33.1 Å². The highest BCUT2D eigenvalue weighted by atomic mass is 32.7. The average Bonchev–Trinajstić information content (AvgIpc) is 2.46. The first-order chi connectivity index (χ1) is 7.07. The Bertz CT molecular complexity index is 322. The summed E-state index contributed by atoms with van der Waals surface area (Å²) in [5, 5.41) is 0.340. The molecule has 15 heavy (non-hydrogen) atoms. The van der Waals surface area contributed by atoms with Gasteiger partial charge in [-0.05, 0) is 6.42 Å². The van der Waals surface area contributed by atoms with Crippen LogP contribution in [-0.4, -0.2) is 31.0 Å². The summed E-state index contributed by atoms with van der Waals surface area (Å²) in [6.07, 6.45) is 5.33. The van der Waals surface area contributed by atoms with Gasteiger partial charge in [0.25, 0.3) is 0 Å². The highest BCUT2D eigenvalue weighted by Crippen LogP contribution is 2.48. The van der Waals surface area contributed by atoms with Crippen molar-refractivity contribution in [3.8, 4) is 0 Å². The molecule has 1 saturated heterocycles. The van der Waals surface area contributed by atoms with Gasteiger partial charge in [0, 0.05) is 24.5 Å². The lowest BCUT2D eigenvalue weighted by molar-refractivity contribution is 0.602. The molecule has 0 bridgehead atoms. The molecule has 2 nitrogen and oxygen atoms in total. The second-order valence-electron chi connectivity index (χ2n) is 3.67. The molecule has 0 radical (unpaired) electrons. The summed E-state index contributed by atoms with van der Waals surface area (Å²) in [5.74, 6) is 3.12. The van der Waals surface area contributed by atoms with Crippen molar-refractivity contribution in [3.63, 3.8) is 0 Å². The van der Waals surface area contributed by atoms with Gasteiger partial charge in [-0.25, -0.2) is 8.42 Å². The van der Waals surface area contributed by atoms with E-state index >= 15 is 0 Å². The summed E-state index contributed by atoms with van der Waals surface area (Å²) in [4.78, 5) is 0. The minimum atomic E-state index is -2.71. The molecule has 5 heteroatoms. The molecule has 1 fully saturated rings. The lowest BCUT2D eigenvalue weighted by atomic mass is 10.4. The maximum absolute atomic E-state index is 11.3. The van der Waals surface area contributed by atoms with Gasteiger partial charge >= 0.3 is 0 Å². The fourth-order valence-electron chi connectivity index (χ4n) is 1.54. The third-order valence-corrected chi connectivity index (χ3v) is 9.08. The minimum absolute atomic E-state index is 0.211. The van der Waals surface area contributed by atoms with Crippen LogP contribution in [0.3, 0.4) is 0 Å². The summed E-state index contributed by atoms with van der Waals surface area (Å²) in [7, 11) is -2.71. The summed E-state index contributed by atoms with van der Waals surface area (Å²) in [6.45, 7) is 4.08. The first-order valence-corrected chi connectivity index (χ1v) is 10.2. The molecule has 0 aliphatic carbocycles. The van der Waals surface area contributed by atoms with E-state index in [-0.39, 0.29) is 6.75 Å². The van der Waals surface area contributed by atoms with Crippen LogP contribution in [0, 0.1) is 6.16 Å². The zero-order valence-electron chi connectivity index (χ0n) is 9.35. The fraction of sp³-hybridized carbons (Fsp3) is 0.800. The lowest BCUT2D eigenvalue weighted by Gasteiger charge is -2.06. The standard InChI is InChI=1S/C10H19O2PS2/c1-3-6-13(7-4-2)14-10-5-8-15(11,12)9-10/h6-7,10H,3-5,8-9H2,1-2H3. The van der Waals surface area contributed by atoms with Crippen LogP contribution < -0.4 is 0 Å². The van der Waals surface area contributed by atoms with Gasteiger partial charge in [0.15, 0.2) is 9.84 Å². The molecule has 1 rings (SSSR count). The van der Waals surface area contributed by atoms with E-state index in [1.54, 1.807) is 0 Å². The molecule has 0 amide bonds. The zero-order valence-corrected chi connectivity index (χ0v) is 11.9. The maximum Gasteiger partial charge on any atom is 0.151 e. The van der Waals surface area contributed by atoms with Gasteiger partial charge in [0.2, 0.25) is 0 Å². The van der Waals surface area contributed by atoms with Gasteiger partial charge < -0.3 is 0 Å². The molecule has 1 aliphatic heterocycles. The molecular weight excluding hydrogens is 247 g/mol. The first-order valence-electron chi connectivity index (χ1n) is 5.39. The molecule has 88 valence electrons. The van der Waals surface area contributed by atoms with Crippen LogP contribution in [0.15, 0.2) is 0 Å². The van der Waals surface area contributed by atoms with Gasteiger partial charge in [-0.3, -0.25) is 0 Å². The summed E-state index contributed by atoms with van der Waals surface area (Å²) in [5.41, 5.74) is 0. The van der Waals surface area contributed by atoms with Crippen molar-refractivity contribution in [1.82, 2.24) is 0 Å². The lowest BCUT2D eigenvalue weighted by Crippen LogP contribution is -2.05. The molecule has 0 aromatic heterocycles. The molecule has 0 aromatic rings. The van der Waals surface area contributed by atoms with Crippen LogP contribution in [0.2, 0.25) is 0 Å². The predicted octanol–water partition coefficient (Wildman–Crippen LogP) is 3.09. The van der Waals surface area contributed by atoms with E-state index in [1.807, 2.05) is 11.4 Å². The molecular formula is C10H19O2PS2. The van der Waals surface area contributed by atoms with E-state index in [2.05, 4.69) is 25.8 Å². The third kappa shape index (κ3) is 4.88. The van der Waals surface area contributed by atoms with Crippen molar-refractivity contribution >= 4 is 33.8 Å². The Morgan fingerprint density at radius 3 is 2.73 bits per heavy atom. The van der Waals surface area contributed by atoms with Crippen LogP contribution in [0.5, 0.6) is 0 Å². The Balaban J connectivity index is 2.50. The Kier molecular flexibility index (Phi) is 5.65. The van der Waals surface area contributed by atoms with Crippen LogP contribution in [0.4, 0.5) is 0 Å². The van der Waals surface area contributed by atoms with Gasteiger partial charge in [-0.15, -0.1) is 12.6 Å². The molecule has 0 spiro atoms. The van der Waals surface area contributed by atoms with E-state index < -0.39 is 9.84 Å². The van der Waals surface area contributed by atoms with Gasteiger partial charge in [-0.2, -0.15) is 0 Å². The number of sulfone groups is 1. The van der Waals surface area contributed by atoms with Crippen molar-refractivity contribution in [2.75, 3.05) is 11.5 Å². The normalized spacial score (nSPS) is 25.7. The highest BCUT2D eigenvalue weighted by molar-refractivity contribution is 8.55. The first kappa shape index (κ1) is 13.5. The van der Waals surface area contributed by atoms with Crippen molar-refractivity contribution in [3.05, 3.63) is 6.16 Å². The quantitative estimate of drug-likeness (QED) is 0.566. The van der Waals surface area contributed by atoms with E-state index in [0.29, 0.717) is 16.8 Å². The molecule has 2 atom stereocenters. The van der Waals surface area contributed by atoms with Crippen molar-refractivity contribution in [1.29, 1.82) is 0 Å². The van der Waals surface area contributed by atoms with Gasteiger partial charge in [0.1, 0.15) is 0 Å². The molecule has 0 N–H and O–H groups in total. The molecule has 0 saturated carbocycles.